The first-order chi connectivity index (χ1) is 13.7. The largest absolute Gasteiger partial charge is 0.493 e. The van der Waals surface area contributed by atoms with Crippen LogP contribution in [0.4, 0.5) is 0 Å². The van der Waals surface area contributed by atoms with Gasteiger partial charge in [0.1, 0.15) is 6.10 Å². The average molecular weight is 372 g/mol. The van der Waals surface area contributed by atoms with Crippen molar-refractivity contribution < 1.29 is 9.47 Å². The molecule has 1 aromatic heterocycles. The Labute approximate surface area is 164 Å². The molecule has 1 spiro atoms. The number of para-hydroxylation sites is 1. The third-order valence-corrected chi connectivity index (χ3v) is 8.13. The second kappa shape index (κ2) is 4.93. The number of piperidine rings is 1. The van der Waals surface area contributed by atoms with E-state index >= 15 is 0 Å². The van der Waals surface area contributed by atoms with E-state index in [1.165, 1.54) is 33.3 Å². The van der Waals surface area contributed by atoms with Crippen molar-refractivity contribution in [3.05, 3.63) is 58.8 Å². The predicted molar refractivity (Wildman–Crippen MR) is 108 cm³/mol. The van der Waals surface area contributed by atoms with Crippen molar-refractivity contribution in [1.29, 1.82) is 0 Å². The van der Waals surface area contributed by atoms with E-state index in [4.69, 9.17) is 9.47 Å². The molecule has 3 heterocycles. The fourth-order valence-electron chi connectivity index (χ4n) is 6.96. The van der Waals surface area contributed by atoms with Gasteiger partial charge in [-0.15, -0.1) is 0 Å². The molecule has 1 fully saturated rings. The summed E-state index contributed by atoms with van der Waals surface area (Å²) in [6.45, 7) is 1.13. The maximum Gasteiger partial charge on any atom is 0.166 e. The number of aromatic amines is 1. The van der Waals surface area contributed by atoms with Gasteiger partial charge in [-0.25, -0.2) is 0 Å². The third-order valence-electron chi connectivity index (χ3n) is 8.13. The zero-order valence-electron chi connectivity index (χ0n) is 16.3. The second-order valence-electron chi connectivity index (χ2n) is 9.04. The maximum absolute atomic E-state index is 6.82. The Morgan fingerprint density at radius 2 is 2.07 bits per heavy atom. The first kappa shape index (κ1) is 15.5. The molecule has 0 saturated carbocycles. The summed E-state index contributed by atoms with van der Waals surface area (Å²) >= 11 is 0. The molecule has 7 rings (SSSR count). The minimum atomic E-state index is 0.0650. The smallest absolute Gasteiger partial charge is 0.166 e. The van der Waals surface area contributed by atoms with Gasteiger partial charge in [0.2, 0.25) is 0 Å². The van der Waals surface area contributed by atoms with Crippen molar-refractivity contribution in [3.63, 3.8) is 0 Å². The predicted octanol–water partition coefficient (Wildman–Crippen LogP) is 3.98. The Morgan fingerprint density at radius 1 is 1.18 bits per heavy atom. The summed E-state index contributed by atoms with van der Waals surface area (Å²) in [5.41, 5.74) is 6.99. The van der Waals surface area contributed by atoms with Crippen LogP contribution in [0.2, 0.25) is 0 Å². The molecule has 0 radical (unpaired) electrons. The molecule has 3 aromatic rings. The molecular formula is C24H24N2O2. The van der Waals surface area contributed by atoms with E-state index < -0.39 is 0 Å². The van der Waals surface area contributed by atoms with E-state index in [9.17, 15) is 0 Å². The lowest BCUT2D eigenvalue weighted by molar-refractivity contribution is -0.0252. The minimum absolute atomic E-state index is 0.0650. The quantitative estimate of drug-likeness (QED) is 0.702. The van der Waals surface area contributed by atoms with E-state index in [0.717, 1.165) is 37.3 Å². The van der Waals surface area contributed by atoms with Gasteiger partial charge >= 0.3 is 0 Å². The van der Waals surface area contributed by atoms with E-state index in [0.29, 0.717) is 12.0 Å². The van der Waals surface area contributed by atoms with E-state index in [-0.39, 0.29) is 11.5 Å². The molecule has 1 N–H and O–H groups in total. The van der Waals surface area contributed by atoms with Gasteiger partial charge in [0.25, 0.3) is 0 Å². The normalized spacial score (nSPS) is 32.0. The molecule has 28 heavy (non-hydrogen) atoms. The van der Waals surface area contributed by atoms with Gasteiger partial charge in [-0.2, -0.15) is 0 Å². The van der Waals surface area contributed by atoms with Gasteiger partial charge in [-0.3, -0.25) is 0 Å². The van der Waals surface area contributed by atoms with Gasteiger partial charge in [-0.1, -0.05) is 24.3 Å². The fourth-order valence-corrected chi connectivity index (χ4v) is 6.96. The van der Waals surface area contributed by atoms with Crippen LogP contribution in [0.15, 0.2) is 36.4 Å². The van der Waals surface area contributed by atoms with Crippen molar-refractivity contribution in [2.45, 2.75) is 36.8 Å². The van der Waals surface area contributed by atoms with Crippen LogP contribution in [0.5, 0.6) is 11.5 Å². The van der Waals surface area contributed by atoms with Gasteiger partial charge in [0.05, 0.1) is 12.8 Å². The number of rotatable bonds is 1. The summed E-state index contributed by atoms with van der Waals surface area (Å²) in [4.78, 5) is 6.35. The summed E-state index contributed by atoms with van der Waals surface area (Å²) in [5, 5.41) is 1.37. The number of nitrogens with zero attached hydrogens (tertiary/aromatic N) is 1. The van der Waals surface area contributed by atoms with Gasteiger partial charge in [-0.05, 0) is 62.0 Å². The Morgan fingerprint density at radius 3 is 2.96 bits per heavy atom. The van der Waals surface area contributed by atoms with Gasteiger partial charge in [0, 0.05) is 27.9 Å². The monoisotopic (exact) mass is 372 g/mol. The third kappa shape index (κ3) is 1.56. The lowest BCUT2D eigenvalue weighted by Crippen LogP contribution is -2.62. The SMILES string of the molecule is COc1ccc2c3c1O[C@H]1c4[nH]c5ccccc5c4C[C@H]4[C@@H](C2)N(C)CC[C@]314. The highest BCUT2D eigenvalue weighted by atomic mass is 16.5. The second-order valence-corrected chi connectivity index (χ2v) is 9.04. The number of H-pyrrole nitrogens is 1. The summed E-state index contributed by atoms with van der Waals surface area (Å²) in [7, 11) is 4.07. The molecule has 2 aromatic carbocycles. The van der Waals surface area contributed by atoms with Crippen molar-refractivity contribution in [3.8, 4) is 11.5 Å². The highest BCUT2D eigenvalue weighted by molar-refractivity contribution is 5.86. The molecule has 4 atom stereocenters. The molecule has 2 aliphatic carbocycles. The topological polar surface area (TPSA) is 37.5 Å². The zero-order chi connectivity index (χ0) is 18.6. The lowest BCUT2D eigenvalue weighted by atomic mass is 9.52. The van der Waals surface area contributed by atoms with Gasteiger partial charge in [0.15, 0.2) is 11.5 Å². The highest BCUT2D eigenvalue weighted by Crippen LogP contribution is 2.67. The van der Waals surface area contributed by atoms with Crippen LogP contribution in [0, 0.1) is 5.92 Å². The van der Waals surface area contributed by atoms with E-state index in [1.807, 2.05) is 0 Å². The van der Waals surface area contributed by atoms with Crippen LogP contribution >= 0.6 is 0 Å². The first-order valence-corrected chi connectivity index (χ1v) is 10.4. The minimum Gasteiger partial charge on any atom is -0.493 e. The number of aromatic nitrogens is 1. The molecule has 0 unspecified atom stereocenters. The molecule has 2 aliphatic heterocycles. The number of nitrogens with one attached hydrogen (secondary N) is 1. The van der Waals surface area contributed by atoms with Crippen molar-refractivity contribution in [2.75, 3.05) is 20.7 Å². The summed E-state index contributed by atoms with van der Waals surface area (Å²) in [6, 6.07) is 13.7. The number of methoxy groups -OCH3 is 1. The first-order valence-electron chi connectivity index (χ1n) is 10.4. The number of likely N-dealkylation sites (N-methyl/N-ethyl adjacent to an activating group) is 1. The van der Waals surface area contributed by atoms with E-state index in [1.54, 1.807) is 7.11 Å². The lowest BCUT2D eigenvalue weighted by Gasteiger charge is -2.57. The number of hydrogen-bond acceptors (Lipinski definition) is 3. The van der Waals surface area contributed by atoms with Crippen molar-refractivity contribution in [2.24, 2.45) is 5.92 Å². The highest BCUT2D eigenvalue weighted by Gasteiger charge is 2.65. The van der Waals surface area contributed by atoms with Crippen LogP contribution in [0.3, 0.4) is 0 Å². The molecule has 1 saturated heterocycles. The Balaban J connectivity index is 1.57. The molecule has 2 bridgehead atoms. The van der Waals surface area contributed by atoms with E-state index in [2.05, 4.69) is 53.3 Å². The number of benzene rings is 2. The standard InChI is InChI=1S/C24H24N2O2/c1-26-10-9-24-16-12-15-14-5-3-4-6-17(14)25-21(15)23(24)28-22-19(27-2)8-7-13(20(22)24)11-18(16)26/h3-8,16,18,23,25H,9-12H2,1-2H3/t16-,18+,23-,24-/m0/s1. The summed E-state index contributed by atoms with van der Waals surface area (Å²) in [5.74, 6) is 2.48. The molecule has 0 amide bonds. The zero-order valence-corrected chi connectivity index (χ0v) is 16.3. The molecule has 4 heteroatoms. The maximum atomic E-state index is 6.82. The van der Waals surface area contributed by atoms with Crippen LogP contribution in [0.25, 0.3) is 10.9 Å². The molecule has 142 valence electrons. The number of hydrogen-bond donors (Lipinski definition) is 1. The summed E-state index contributed by atoms with van der Waals surface area (Å²) < 4.78 is 12.6. The fraction of sp³-hybridized carbons (Fsp3) is 0.417. The summed E-state index contributed by atoms with van der Waals surface area (Å²) in [6.07, 6.45) is 3.46. The molecule has 4 nitrogen and oxygen atoms in total. The van der Waals surface area contributed by atoms with Crippen LogP contribution in [0.1, 0.15) is 34.9 Å². The van der Waals surface area contributed by atoms with Crippen LogP contribution in [-0.4, -0.2) is 36.6 Å². The molecular weight excluding hydrogens is 348 g/mol. The Hall–Kier alpha value is -2.46. The van der Waals surface area contributed by atoms with Crippen molar-refractivity contribution >= 4 is 10.9 Å². The molecule has 4 aliphatic rings. The van der Waals surface area contributed by atoms with Crippen LogP contribution in [-0.2, 0) is 18.3 Å². The number of fused-ring (bicyclic) bond motifs is 4. The van der Waals surface area contributed by atoms with Crippen LogP contribution < -0.4 is 9.47 Å². The van der Waals surface area contributed by atoms with Crippen molar-refractivity contribution in [1.82, 2.24) is 9.88 Å². The number of likely N-dealkylation sites (tertiary alicyclic amines) is 1. The number of ether oxygens (including phenoxy) is 2. The average Bonchev–Trinajstić information content (AvgIpc) is 3.25. The Kier molecular flexibility index (Phi) is 2.72. The Bertz CT molecular complexity index is 1150. The van der Waals surface area contributed by atoms with Gasteiger partial charge < -0.3 is 19.4 Å².